The highest BCUT2D eigenvalue weighted by Gasteiger charge is 2.19. The third-order valence-corrected chi connectivity index (χ3v) is 4.83. The summed E-state index contributed by atoms with van der Waals surface area (Å²) in [4.78, 5) is 37.4. The molecule has 0 unspecified atom stereocenters. The largest absolute Gasteiger partial charge is 0.480 e. The molecule has 0 fully saturated rings. The van der Waals surface area contributed by atoms with Crippen LogP contribution in [-0.2, 0) is 9.59 Å². The van der Waals surface area contributed by atoms with Gasteiger partial charge < -0.3 is 25.5 Å². The summed E-state index contributed by atoms with van der Waals surface area (Å²) in [6.45, 7) is 1.52. The maximum atomic E-state index is 12.6. The van der Waals surface area contributed by atoms with E-state index in [1.54, 1.807) is 48.5 Å². The van der Waals surface area contributed by atoms with Crippen LogP contribution >= 0.6 is 0 Å². The fourth-order valence-electron chi connectivity index (χ4n) is 3.16. The van der Waals surface area contributed by atoms with Gasteiger partial charge in [0.25, 0.3) is 5.91 Å². The van der Waals surface area contributed by atoms with Gasteiger partial charge in [-0.15, -0.1) is 0 Å². The Kier molecular flexibility index (Phi) is 6.89. The van der Waals surface area contributed by atoms with Gasteiger partial charge in [-0.1, -0.05) is 13.3 Å². The second-order valence-corrected chi connectivity index (χ2v) is 7.26. The molecule has 32 heavy (non-hydrogen) atoms. The fourth-order valence-corrected chi connectivity index (χ4v) is 3.16. The van der Waals surface area contributed by atoms with E-state index in [4.69, 9.17) is 20.7 Å². The molecular formula is C23H24N4O5. The Morgan fingerprint density at radius 1 is 1.12 bits per heavy atom. The first-order valence-electron chi connectivity index (χ1n) is 10.1. The summed E-state index contributed by atoms with van der Waals surface area (Å²) in [6, 6.07) is 12.9. The molecule has 0 saturated carbocycles. The number of furan rings is 1. The Hall–Kier alpha value is -4.14. The van der Waals surface area contributed by atoms with Crippen molar-refractivity contribution in [2.75, 3.05) is 16.8 Å². The summed E-state index contributed by atoms with van der Waals surface area (Å²) in [5.74, 6) is -1.83. The van der Waals surface area contributed by atoms with Crippen LogP contribution in [0.5, 0.6) is 0 Å². The minimum absolute atomic E-state index is 0.0793. The highest BCUT2D eigenvalue weighted by Crippen LogP contribution is 2.23. The van der Waals surface area contributed by atoms with Gasteiger partial charge in [-0.05, 0) is 55.0 Å². The molecule has 0 aliphatic heterocycles. The van der Waals surface area contributed by atoms with Crippen molar-refractivity contribution in [3.05, 3.63) is 59.9 Å². The molecular weight excluding hydrogens is 412 g/mol. The smallest absolute Gasteiger partial charge is 0.323 e. The highest BCUT2D eigenvalue weighted by molar-refractivity contribution is 6.06. The number of benzene rings is 2. The van der Waals surface area contributed by atoms with Gasteiger partial charge in [0.2, 0.25) is 5.91 Å². The number of hydrogen-bond donors (Lipinski definition) is 4. The lowest BCUT2D eigenvalue weighted by atomic mass is 10.1. The number of nitrogen functional groups attached to an aromatic ring is 1. The normalized spacial score (nSPS) is 10.7. The SMILES string of the molecule is CCCCC(=O)N(CC(=O)O)c1ccc(NC(=O)c2cc3cc(C(=N)N)ccc3o2)cc1. The van der Waals surface area contributed by atoms with Gasteiger partial charge >= 0.3 is 5.97 Å². The number of amidine groups is 1. The molecule has 5 N–H and O–H groups in total. The van der Waals surface area contributed by atoms with Crippen molar-refractivity contribution in [3.8, 4) is 0 Å². The number of nitrogens with zero attached hydrogens (tertiary/aromatic N) is 1. The monoisotopic (exact) mass is 436 g/mol. The number of carbonyl (C=O) groups excluding carboxylic acids is 2. The molecule has 0 aliphatic rings. The van der Waals surface area contributed by atoms with Crippen molar-refractivity contribution < 1.29 is 23.9 Å². The maximum Gasteiger partial charge on any atom is 0.323 e. The number of rotatable bonds is 9. The average molecular weight is 436 g/mol. The first-order chi connectivity index (χ1) is 15.3. The fraction of sp³-hybridized carbons (Fsp3) is 0.217. The molecule has 9 heteroatoms. The molecule has 1 aromatic heterocycles. The third kappa shape index (κ3) is 5.31. The van der Waals surface area contributed by atoms with Crippen LogP contribution < -0.4 is 16.0 Å². The van der Waals surface area contributed by atoms with Crippen LogP contribution in [0.1, 0.15) is 42.3 Å². The van der Waals surface area contributed by atoms with Gasteiger partial charge in [-0.25, -0.2) is 0 Å². The Bertz CT molecular complexity index is 1170. The molecule has 0 aliphatic carbocycles. The number of carbonyl (C=O) groups is 3. The van der Waals surface area contributed by atoms with Gasteiger partial charge in [0.1, 0.15) is 18.0 Å². The lowest BCUT2D eigenvalue weighted by Gasteiger charge is -2.21. The zero-order valence-corrected chi connectivity index (χ0v) is 17.6. The average Bonchev–Trinajstić information content (AvgIpc) is 3.20. The Labute approximate surface area is 184 Å². The van der Waals surface area contributed by atoms with Crippen molar-refractivity contribution in [1.82, 2.24) is 0 Å². The van der Waals surface area contributed by atoms with E-state index < -0.39 is 18.4 Å². The quantitative estimate of drug-likeness (QED) is 0.297. The molecule has 9 nitrogen and oxygen atoms in total. The molecule has 0 spiro atoms. The molecule has 2 aromatic carbocycles. The summed E-state index contributed by atoms with van der Waals surface area (Å²) in [6.07, 6.45) is 1.77. The molecule has 0 bridgehead atoms. The number of carboxylic acid groups (broad SMARTS) is 1. The number of aliphatic carboxylic acids is 1. The number of unbranched alkanes of at least 4 members (excludes halogenated alkanes) is 1. The number of amides is 2. The summed E-state index contributed by atoms with van der Waals surface area (Å²) in [7, 11) is 0. The van der Waals surface area contributed by atoms with Crippen LogP contribution in [0.3, 0.4) is 0 Å². The van der Waals surface area contributed by atoms with Crippen molar-refractivity contribution in [2.24, 2.45) is 5.73 Å². The summed E-state index contributed by atoms with van der Waals surface area (Å²) in [5, 5.41) is 20.0. The van der Waals surface area contributed by atoms with Crippen LogP contribution in [-0.4, -0.2) is 35.3 Å². The molecule has 0 radical (unpaired) electrons. The first kappa shape index (κ1) is 22.5. The Balaban J connectivity index is 1.74. The summed E-state index contributed by atoms with van der Waals surface area (Å²) < 4.78 is 5.57. The van der Waals surface area contributed by atoms with Gasteiger partial charge in [0, 0.05) is 28.7 Å². The zero-order valence-electron chi connectivity index (χ0n) is 17.6. The number of nitrogens with one attached hydrogen (secondary N) is 2. The molecule has 166 valence electrons. The van der Waals surface area contributed by atoms with E-state index in [9.17, 15) is 14.4 Å². The van der Waals surface area contributed by atoms with E-state index >= 15 is 0 Å². The van der Waals surface area contributed by atoms with Crippen LogP contribution in [0, 0.1) is 5.41 Å². The van der Waals surface area contributed by atoms with E-state index in [0.717, 1.165) is 6.42 Å². The number of hydrogen-bond acceptors (Lipinski definition) is 5. The second-order valence-electron chi connectivity index (χ2n) is 7.26. The Morgan fingerprint density at radius 3 is 2.47 bits per heavy atom. The summed E-state index contributed by atoms with van der Waals surface area (Å²) >= 11 is 0. The van der Waals surface area contributed by atoms with Gasteiger partial charge in [0.05, 0.1) is 0 Å². The van der Waals surface area contributed by atoms with E-state index in [0.29, 0.717) is 34.3 Å². The van der Waals surface area contributed by atoms with Crippen molar-refractivity contribution in [3.63, 3.8) is 0 Å². The molecule has 3 rings (SSSR count). The predicted molar refractivity (Wildman–Crippen MR) is 121 cm³/mol. The topological polar surface area (TPSA) is 150 Å². The number of fused-ring (bicyclic) bond motifs is 1. The minimum atomic E-state index is -1.11. The lowest BCUT2D eigenvalue weighted by molar-refractivity contribution is -0.136. The number of nitrogens with two attached hydrogens (primary N) is 1. The van der Waals surface area contributed by atoms with Crippen LogP contribution in [0.25, 0.3) is 11.0 Å². The van der Waals surface area contributed by atoms with Gasteiger partial charge in [0.15, 0.2) is 5.76 Å². The van der Waals surface area contributed by atoms with E-state index in [1.807, 2.05) is 6.92 Å². The molecule has 3 aromatic rings. The Morgan fingerprint density at radius 2 is 1.84 bits per heavy atom. The summed E-state index contributed by atoms with van der Waals surface area (Å²) in [5.41, 5.74) is 7.41. The van der Waals surface area contributed by atoms with Crippen LogP contribution in [0.15, 0.2) is 52.9 Å². The predicted octanol–water partition coefficient (Wildman–Crippen LogP) is 3.58. The highest BCUT2D eigenvalue weighted by atomic mass is 16.4. The van der Waals surface area contributed by atoms with Crippen molar-refractivity contribution in [2.45, 2.75) is 26.2 Å². The van der Waals surface area contributed by atoms with Crippen molar-refractivity contribution in [1.29, 1.82) is 5.41 Å². The lowest BCUT2D eigenvalue weighted by Crippen LogP contribution is -2.35. The van der Waals surface area contributed by atoms with Gasteiger partial charge in [-0.3, -0.25) is 19.8 Å². The molecule has 2 amide bonds. The first-order valence-corrected chi connectivity index (χ1v) is 10.1. The van der Waals surface area contributed by atoms with E-state index in [-0.39, 0.29) is 23.9 Å². The molecule has 0 atom stereocenters. The molecule has 1 heterocycles. The second kappa shape index (κ2) is 9.78. The van der Waals surface area contributed by atoms with E-state index in [2.05, 4.69) is 5.32 Å². The molecule has 0 saturated heterocycles. The standard InChI is InChI=1S/C23H24N4O5/c1-2-3-4-20(28)27(13-21(29)30)17-8-6-16(7-9-17)26-23(31)19-12-15-11-14(22(24)25)5-10-18(15)32-19/h5-12H,2-4,13H2,1H3,(H3,24,25)(H,26,31)(H,29,30). The maximum absolute atomic E-state index is 12.6. The zero-order chi connectivity index (χ0) is 23.3. The van der Waals surface area contributed by atoms with Crippen LogP contribution in [0.2, 0.25) is 0 Å². The van der Waals surface area contributed by atoms with Gasteiger partial charge in [-0.2, -0.15) is 0 Å². The third-order valence-electron chi connectivity index (χ3n) is 4.83. The minimum Gasteiger partial charge on any atom is -0.480 e. The number of carboxylic acids is 1. The van der Waals surface area contributed by atoms with Crippen LogP contribution in [0.4, 0.5) is 11.4 Å². The van der Waals surface area contributed by atoms with E-state index in [1.165, 1.54) is 4.90 Å². The number of anilines is 2. The van der Waals surface area contributed by atoms with Crippen molar-refractivity contribution >= 4 is 46.0 Å².